The molecule has 0 fully saturated rings. The predicted molar refractivity (Wildman–Crippen MR) is 120 cm³/mol. The van der Waals surface area contributed by atoms with Crippen LogP contribution in [0.4, 0.5) is 0 Å². The second-order valence-electron chi connectivity index (χ2n) is 7.48. The Labute approximate surface area is 185 Å². The molecular weight excluding hydrogens is 433 g/mol. The van der Waals surface area contributed by atoms with Crippen LogP contribution < -0.4 is 11.5 Å². The Hall–Kier alpha value is -0.581. The molecule has 0 aromatic heterocycles. The number of nitrogens with two attached hydrogens (primary N) is 2. The van der Waals surface area contributed by atoms with Crippen LogP contribution in [0.25, 0.3) is 5.32 Å². The molecule has 0 aliphatic carbocycles. The van der Waals surface area contributed by atoms with Crippen LogP contribution in [0, 0.1) is 41.5 Å². The van der Waals surface area contributed by atoms with Crippen molar-refractivity contribution in [2.24, 2.45) is 11.5 Å². The number of halogens is 2. The Morgan fingerprint density at radius 3 is 1.21 bits per heavy atom. The molecule has 2 unspecified atom stereocenters. The molecule has 2 aromatic carbocycles. The summed E-state index contributed by atoms with van der Waals surface area (Å²) >= 11 is 0.194. The van der Waals surface area contributed by atoms with Crippen molar-refractivity contribution in [2.45, 2.75) is 53.6 Å². The van der Waals surface area contributed by atoms with E-state index >= 15 is 0 Å². The van der Waals surface area contributed by atoms with E-state index in [0.29, 0.717) is 13.1 Å². The zero-order valence-corrected chi connectivity index (χ0v) is 20.2. The van der Waals surface area contributed by atoms with Gasteiger partial charge in [0.2, 0.25) is 0 Å². The third kappa shape index (κ3) is 7.35. The molecular formula is C22H32Cl2FeN3. The maximum absolute atomic E-state index is 6.42. The molecule has 28 heavy (non-hydrogen) atoms. The van der Waals surface area contributed by atoms with Gasteiger partial charge >= 0.3 is 33.3 Å². The first-order valence-corrected chi connectivity index (χ1v) is 12.3. The van der Waals surface area contributed by atoms with Crippen molar-refractivity contribution in [1.29, 1.82) is 0 Å². The van der Waals surface area contributed by atoms with E-state index in [0.717, 1.165) is 0 Å². The number of hydrogen-bond acceptors (Lipinski definition) is 2. The van der Waals surface area contributed by atoms with E-state index < -0.39 is 0 Å². The van der Waals surface area contributed by atoms with Crippen LogP contribution in [-0.4, -0.2) is 13.1 Å². The summed E-state index contributed by atoms with van der Waals surface area (Å²) in [5, 5.41) is 4.68. The van der Waals surface area contributed by atoms with E-state index in [-0.39, 0.29) is 25.2 Å². The summed E-state index contributed by atoms with van der Waals surface area (Å²) in [6.45, 7) is 13.9. The van der Waals surface area contributed by atoms with Gasteiger partial charge in [0.25, 0.3) is 0 Å². The van der Waals surface area contributed by atoms with Crippen molar-refractivity contribution in [1.82, 2.24) is 0 Å². The standard InChI is InChI=1S/C22H32N3.2ClH.Fe/c1-13-7-15(3)21(16(4)8-13)19(23)11-25-12-20(24)22-17(5)9-14(2)10-18(22)6;;;/h7-10,19-20H,11-12,23-24H2,1-6H3;2*1H;/q-1;;;+3/p-2. The third-order valence-electron chi connectivity index (χ3n) is 4.87. The molecule has 0 saturated heterocycles. The SMILES string of the molecule is Cc1cc(C)c(C(N)C[N-]CC(N)c2c(C)cc(C)cc2C)c(C)c1.[Cl][Fe+][Cl]. The molecule has 0 heterocycles. The Kier molecular flexibility index (Phi) is 11.1. The van der Waals surface area contributed by atoms with Gasteiger partial charge in [-0.2, -0.15) is 0 Å². The van der Waals surface area contributed by atoms with Crippen LogP contribution in [0.2, 0.25) is 0 Å². The molecule has 2 atom stereocenters. The van der Waals surface area contributed by atoms with Gasteiger partial charge in [0.15, 0.2) is 0 Å². The molecule has 4 N–H and O–H groups in total. The average Bonchev–Trinajstić information content (AvgIpc) is 2.53. The summed E-state index contributed by atoms with van der Waals surface area (Å²) in [6, 6.07) is 8.60. The Balaban J connectivity index is 0.00000122. The first-order chi connectivity index (χ1) is 13.1. The number of rotatable bonds is 6. The zero-order chi connectivity index (χ0) is 21.4. The van der Waals surface area contributed by atoms with E-state index in [1.54, 1.807) is 0 Å². The number of hydrogen-bond donors (Lipinski definition) is 2. The Morgan fingerprint density at radius 2 is 0.964 bits per heavy atom. The predicted octanol–water partition coefficient (Wildman–Crippen LogP) is 5.99. The van der Waals surface area contributed by atoms with Gasteiger partial charge in [-0.3, -0.25) is 0 Å². The van der Waals surface area contributed by atoms with Crippen molar-refractivity contribution < 1.29 is 13.1 Å². The van der Waals surface area contributed by atoms with Gasteiger partial charge in [-0.25, -0.2) is 0 Å². The Morgan fingerprint density at radius 1 is 0.714 bits per heavy atom. The monoisotopic (exact) mass is 464 g/mol. The van der Waals surface area contributed by atoms with Crippen molar-refractivity contribution >= 4 is 20.2 Å². The molecule has 0 aliphatic heterocycles. The first kappa shape index (κ1) is 25.5. The van der Waals surface area contributed by atoms with E-state index in [1.807, 2.05) is 0 Å². The molecule has 157 valence electrons. The molecule has 6 heteroatoms. The van der Waals surface area contributed by atoms with Crippen molar-refractivity contribution in [2.75, 3.05) is 13.1 Å². The van der Waals surface area contributed by atoms with Crippen LogP contribution in [0.3, 0.4) is 0 Å². The number of nitrogens with zero attached hydrogens (tertiary/aromatic N) is 1. The second kappa shape index (κ2) is 12.2. The molecule has 3 nitrogen and oxygen atoms in total. The van der Waals surface area contributed by atoms with Gasteiger partial charge in [-0.1, -0.05) is 35.4 Å². The first-order valence-electron chi connectivity index (χ1n) is 9.27. The van der Waals surface area contributed by atoms with Gasteiger partial charge < -0.3 is 16.8 Å². The Bertz CT molecular complexity index is 671. The molecule has 2 aromatic rings. The van der Waals surface area contributed by atoms with Gasteiger partial charge in [0.05, 0.1) is 0 Å². The van der Waals surface area contributed by atoms with Crippen molar-refractivity contribution in [3.8, 4) is 0 Å². The van der Waals surface area contributed by atoms with Crippen LogP contribution in [0.1, 0.15) is 56.6 Å². The summed E-state index contributed by atoms with van der Waals surface area (Å²) < 4.78 is 0. The molecule has 0 saturated carbocycles. The zero-order valence-electron chi connectivity index (χ0n) is 17.6. The fourth-order valence-corrected chi connectivity index (χ4v) is 4.09. The summed E-state index contributed by atoms with van der Waals surface area (Å²) in [5.74, 6) is 0. The van der Waals surface area contributed by atoms with Crippen LogP contribution >= 0.6 is 20.2 Å². The van der Waals surface area contributed by atoms with Crippen LogP contribution in [0.5, 0.6) is 0 Å². The fourth-order valence-electron chi connectivity index (χ4n) is 4.09. The van der Waals surface area contributed by atoms with E-state index in [1.165, 1.54) is 44.5 Å². The molecule has 0 spiro atoms. The summed E-state index contributed by atoms with van der Waals surface area (Å²) in [6.07, 6.45) is 0. The second-order valence-corrected chi connectivity index (χ2v) is 9.30. The third-order valence-corrected chi connectivity index (χ3v) is 4.87. The quantitative estimate of drug-likeness (QED) is 0.515. The van der Waals surface area contributed by atoms with Gasteiger partial charge in [-0.15, -0.1) is 13.1 Å². The van der Waals surface area contributed by atoms with Crippen LogP contribution in [0.15, 0.2) is 24.3 Å². The molecule has 0 bridgehead atoms. The van der Waals surface area contributed by atoms with Gasteiger partial charge in [0, 0.05) is 12.1 Å². The minimum atomic E-state index is -0.0759. The normalized spacial score (nSPS) is 12.9. The van der Waals surface area contributed by atoms with Crippen LogP contribution in [-0.2, 0) is 13.1 Å². The average molecular weight is 465 g/mol. The molecule has 0 amide bonds. The van der Waals surface area contributed by atoms with Gasteiger partial charge in [0.1, 0.15) is 0 Å². The van der Waals surface area contributed by atoms with E-state index in [2.05, 4.69) is 71.1 Å². The summed E-state index contributed by atoms with van der Waals surface area (Å²) in [5.41, 5.74) is 22.8. The fraction of sp³-hybridized carbons (Fsp3) is 0.455. The maximum atomic E-state index is 6.42. The summed E-state index contributed by atoms with van der Waals surface area (Å²) in [4.78, 5) is 0. The topological polar surface area (TPSA) is 66.1 Å². The van der Waals surface area contributed by atoms with E-state index in [9.17, 15) is 0 Å². The molecule has 0 aliphatic rings. The van der Waals surface area contributed by atoms with Crippen molar-refractivity contribution in [3.05, 3.63) is 74.1 Å². The molecule has 0 radical (unpaired) electrons. The van der Waals surface area contributed by atoms with E-state index in [4.69, 9.17) is 31.7 Å². The number of benzene rings is 2. The van der Waals surface area contributed by atoms with Gasteiger partial charge in [-0.05, 0) is 74.9 Å². The molecule has 2 rings (SSSR count). The number of aryl methyl sites for hydroxylation is 6. The van der Waals surface area contributed by atoms with Crippen molar-refractivity contribution in [3.63, 3.8) is 0 Å². The minimum absolute atomic E-state index is 0.0759. The summed E-state index contributed by atoms with van der Waals surface area (Å²) in [7, 11) is 9.53.